The van der Waals surface area contributed by atoms with Crippen LogP contribution in [-0.4, -0.2) is 25.0 Å². The highest BCUT2D eigenvalue weighted by Crippen LogP contribution is 2.48. The molecule has 3 rings (SSSR count). The molecule has 0 aliphatic heterocycles. The molecule has 2 N–H and O–H groups in total. The third kappa shape index (κ3) is 4.39. The van der Waals surface area contributed by atoms with Crippen molar-refractivity contribution < 1.29 is 18.7 Å². The smallest absolute Gasteiger partial charge is 0.257 e. The van der Waals surface area contributed by atoms with Crippen LogP contribution in [-0.2, 0) is 9.59 Å². The number of anilines is 1. The third-order valence-electron chi connectivity index (χ3n) is 4.30. The Morgan fingerprint density at radius 3 is 2.58 bits per heavy atom. The van der Waals surface area contributed by atoms with Crippen LogP contribution in [0.4, 0.5) is 10.1 Å². The number of likely N-dealkylation sites (N-methyl/N-ethyl adjacent to an activating group) is 1. The number of benzene rings is 2. The molecule has 1 saturated carbocycles. The Morgan fingerprint density at radius 2 is 1.88 bits per heavy atom. The lowest BCUT2D eigenvalue weighted by Gasteiger charge is -2.08. The lowest BCUT2D eigenvalue weighted by atomic mass is 10.1. The minimum Gasteiger partial charge on any atom is -0.484 e. The van der Waals surface area contributed by atoms with Gasteiger partial charge in [-0.2, -0.15) is 0 Å². The Bertz CT molecular complexity index is 792. The normalized spacial score (nSPS) is 18.1. The summed E-state index contributed by atoms with van der Waals surface area (Å²) in [4.78, 5) is 23.7. The van der Waals surface area contributed by atoms with Crippen molar-refractivity contribution in [3.05, 3.63) is 59.9 Å². The van der Waals surface area contributed by atoms with Gasteiger partial charge >= 0.3 is 0 Å². The number of rotatable bonds is 7. The molecule has 1 fully saturated rings. The molecule has 0 spiro atoms. The van der Waals surface area contributed by atoms with Crippen LogP contribution in [0.1, 0.15) is 24.8 Å². The standard InChI is InChI=1S/C20H21FN2O3/c1-2-22-19(24)12-26-14-9-7-13(8-10-14)23-20(25)17-11-16(17)15-5-3-4-6-18(15)21/h3-10,16-17H,2,11-12H2,1H3,(H,22,24)(H,23,25). The van der Waals surface area contributed by atoms with Gasteiger partial charge in [0.1, 0.15) is 11.6 Å². The average molecular weight is 356 g/mol. The van der Waals surface area contributed by atoms with E-state index >= 15 is 0 Å². The molecule has 5 nitrogen and oxygen atoms in total. The molecule has 2 aromatic rings. The third-order valence-corrected chi connectivity index (χ3v) is 4.30. The molecule has 0 radical (unpaired) electrons. The number of hydrogen-bond acceptors (Lipinski definition) is 3. The largest absolute Gasteiger partial charge is 0.484 e. The second-order valence-electron chi connectivity index (χ2n) is 6.23. The second kappa shape index (κ2) is 7.99. The van der Waals surface area contributed by atoms with Crippen molar-refractivity contribution in [3.63, 3.8) is 0 Å². The Labute approximate surface area is 151 Å². The van der Waals surface area contributed by atoms with Gasteiger partial charge in [-0.3, -0.25) is 9.59 Å². The maximum absolute atomic E-state index is 13.8. The summed E-state index contributed by atoms with van der Waals surface area (Å²) in [5, 5.41) is 5.49. The van der Waals surface area contributed by atoms with Gasteiger partial charge < -0.3 is 15.4 Å². The molecule has 0 bridgehead atoms. The van der Waals surface area contributed by atoms with E-state index in [-0.39, 0.29) is 36.1 Å². The quantitative estimate of drug-likeness (QED) is 0.801. The van der Waals surface area contributed by atoms with Gasteiger partial charge in [0.15, 0.2) is 6.61 Å². The van der Waals surface area contributed by atoms with E-state index < -0.39 is 0 Å². The number of carbonyl (C=O) groups excluding carboxylic acids is 2. The number of nitrogens with one attached hydrogen (secondary N) is 2. The number of ether oxygens (including phenoxy) is 1. The molecule has 136 valence electrons. The summed E-state index contributed by atoms with van der Waals surface area (Å²) in [6, 6.07) is 13.4. The van der Waals surface area contributed by atoms with E-state index in [9.17, 15) is 14.0 Å². The first-order chi connectivity index (χ1) is 12.6. The van der Waals surface area contributed by atoms with Crippen LogP contribution in [0.3, 0.4) is 0 Å². The van der Waals surface area contributed by atoms with E-state index in [1.807, 2.05) is 6.92 Å². The van der Waals surface area contributed by atoms with Crippen LogP contribution in [0, 0.1) is 11.7 Å². The predicted molar refractivity (Wildman–Crippen MR) is 96.5 cm³/mol. The van der Waals surface area contributed by atoms with E-state index in [2.05, 4.69) is 10.6 Å². The molecule has 26 heavy (non-hydrogen) atoms. The first-order valence-electron chi connectivity index (χ1n) is 8.63. The number of amides is 2. The van der Waals surface area contributed by atoms with Crippen LogP contribution in [0.25, 0.3) is 0 Å². The van der Waals surface area contributed by atoms with Crippen LogP contribution < -0.4 is 15.4 Å². The van der Waals surface area contributed by atoms with Crippen molar-refractivity contribution in [2.75, 3.05) is 18.5 Å². The molecule has 2 unspecified atom stereocenters. The van der Waals surface area contributed by atoms with Crippen molar-refractivity contribution >= 4 is 17.5 Å². The highest BCUT2D eigenvalue weighted by atomic mass is 19.1. The SMILES string of the molecule is CCNC(=O)COc1ccc(NC(=O)C2CC2c2ccccc2F)cc1. The highest BCUT2D eigenvalue weighted by Gasteiger charge is 2.45. The zero-order valence-corrected chi connectivity index (χ0v) is 14.5. The van der Waals surface area contributed by atoms with E-state index in [1.165, 1.54) is 6.07 Å². The molecule has 2 amide bonds. The summed E-state index contributed by atoms with van der Waals surface area (Å²) in [5.41, 5.74) is 1.24. The zero-order valence-electron chi connectivity index (χ0n) is 14.5. The van der Waals surface area contributed by atoms with Gasteiger partial charge in [0.25, 0.3) is 5.91 Å². The van der Waals surface area contributed by atoms with Crippen molar-refractivity contribution in [1.29, 1.82) is 0 Å². The highest BCUT2D eigenvalue weighted by molar-refractivity contribution is 5.95. The number of carbonyl (C=O) groups is 2. The Hall–Kier alpha value is -2.89. The van der Waals surface area contributed by atoms with E-state index in [0.717, 1.165) is 0 Å². The van der Waals surface area contributed by atoms with Gasteiger partial charge in [-0.05, 0) is 55.2 Å². The molecule has 0 heterocycles. The van der Waals surface area contributed by atoms with Gasteiger partial charge in [0.2, 0.25) is 5.91 Å². The molecule has 6 heteroatoms. The first-order valence-corrected chi connectivity index (χ1v) is 8.63. The fourth-order valence-electron chi connectivity index (χ4n) is 2.87. The van der Waals surface area contributed by atoms with Gasteiger partial charge in [-0.15, -0.1) is 0 Å². The molecule has 1 aliphatic carbocycles. The number of hydrogen-bond donors (Lipinski definition) is 2. The molecule has 1 aliphatic rings. The minimum absolute atomic E-state index is 0.0497. The van der Waals surface area contributed by atoms with Crippen LogP contribution >= 0.6 is 0 Å². The maximum atomic E-state index is 13.8. The van der Waals surface area contributed by atoms with Crippen molar-refractivity contribution in [2.45, 2.75) is 19.3 Å². The van der Waals surface area contributed by atoms with Gasteiger partial charge in [-0.25, -0.2) is 4.39 Å². The van der Waals surface area contributed by atoms with Crippen LogP contribution in [0.5, 0.6) is 5.75 Å². The molecule has 2 aromatic carbocycles. The topological polar surface area (TPSA) is 67.4 Å². The summed E-state index contributed by atoms with van der Waals surface area (Å²) in [6.45, 7) is 2.35. The second-order valence-corrected chi connectivity index (χ2v) is 6.23. The Morgan fingerprint density at radius 1 is 1.15 bits per heavy atom. The summed E-state index contributed by atoms with van der Waals surface area (Å²) >= 11 is 0. The number of halogens is 1. The summed E-state index contributed by atoms with van der Waals surface area (Å²) < 4.78 is 19.2. The van der Waals surface area contributed by atoms with E-state index in [0.29, 0.717) is 30.0 Å². The fraction of sp³-hybridized carbons (Fsp3) is 0.300. The Kier molecular flexibility index (Phi) is 5.51. The Balaban J connectivity index is 1.51. The molecular weight excluding hydrogens is 335 g/mol. The summed E-state index contributed by atoms with van der Waals surface area (Å²) in [5.74, 6) is -0.283. The first kappa shape index (κ1) is 17.9. The molecule has 0 saturated heterocycles. The summed E-state index contributed by atoms with van der Waals surface area (Å²) in [6.07, 6.45) is 0.653. The molecule has 2 atom stereocenters. The minimum atomic E-state index is -0.263. The van der Waals surface area contributed by atoms with Crippen LogP contribution in [0.15, 0.2) is 48.5 Å². The zero-order chi connectivity index (χ0) is 18.5. The van der Waals surface area contributed by atoms with E-state index in [4.69, 9.17) is 4.74 Å². The average Bonchev–Trinajstić information content (AvgIpc) is 3.42. The van der Waals surface area contributed by atoms with Crippen LogP contribution in [0.2, 0.25) is 0 Å². The molecule has 0 aromatic heterocycles. The van der Waals surface area contributed by atoms with Gasteiger partial charge in [0.05, 0.1) is 0 Å². The van der Waals surface area contributed by atoms with E-state index in [1.54, 1.807) is 42.5 Å². The van der Waals surface area contributed by atoms with Gasteiger partial charge in [-0.1, -0.05) is 18.2 Å². The molecular formula is C20H21FN2O3. The lowest BCUT2D eigenvalue weighted by molar-refractivity contribution is -0.123. The van der Waals surface area contributed by atoms with Crippen molar-refractivity contribution in [2.24, 2.45) is 5.92 Å². The predicted octanol–water partition coefficient (Wildman–Crippen LogP) is 3.08. The maximum Gasteiger partial charge on any atom is 0.257 e. The summed E-state index contributed by atoms with van der Waals surface area (Å²) in [7, 11) is 0. The fourth-order valence-corrected chi connectivity index (χ4v) is 2.87. The monoisotopic (exact) mass is 356 g/mol. The van der Waals surface area contributed by atoms with Crippen molar-refractivity contribution in [3.8, 4) is 5.75 Å². The van der Waals surface area contributed by atoms with Crippen molar-refractivity contribution in [1.82, 2.24) is 5.32 Å². The van der Waals surface area contributed by atoms with Gasteiger partial charge in [0, 0.05) is 18.2 Å². The lowest BCUT2D eigenvalue weighted by Crippen LogP contribution is -2.28.